The maximum atomic E-state index is 12.6. The number of hydrogen-bond donors (Lipinski definition) is 0. The predicted octanol–water partition coefficient (Wildman–Crippen LogP) is 1.29. The molecule has 19 heavy (non-hydrogen) atoms. The molecule has 1 spiro atoms. The Bertz CT molecular complexity index is 404. The minimum absolute atomic E-state index is 0.0722. The smallest absolute Gasteiger partial charge is 0.252 e. The molecular weight excluding hydrogens is 238 g/mol. The maximum Gasteiger partial charge on any atom is 0.252 e. The van der Waals surface area contributed by atoms with Crippen molar-refractivity contribution in [2.45, 2.75) is 37.8 Å². The molecule has 0 aromatic carbocycles. The number of carbonyl (C=O) groups is 1. The van der Waals surface area contributed by atoms with Gasteiger partial charge in [-0.1, -0.05) is 6.42 Å². The third-order valence-electron chi connectivity index (χ3n) is 4.71. The zero-order valence-electron chi connectivity index (χ0n) is 12.2. The van der Waals surface area contributed by atoms with Crippen molar-refractivity contribution in [3.8, 4) is 0 Å². The number of carbonyl (C=O) groups excluding carboxylic acids is 1. The van der Waals surface area contributed by atoms with Crippen LogP contribution in [0.4, 0.5) is 0 Å². The van der Waals surface area contributed by atoms with Crippen LogP contribution < -0.4 is 0 Å². The largest absolute Gasteiger partial charge is 0.317 e. The molecule has 1 atom stereocenters. The van der Waals surface area contributed by atoms with Crippen molar-refractivity contribution in [3.05, 3.63) is 11.6 Å². The third kappa shape index (κ3) is 2.11. The number of amides is 1. The number of hydrogen-bond acceptors (Lipinski definition) is 3. The first-order chi connectivity index (χ1) is 9.13. The van der Waals surface area contributed by atoms with Crippen LogP contribution in [0.2, 0.25) is 0 Å². The Kier molecular flexibility index (Phi) is 3.39. The first-order valence-electron chi connectivity index (χ1n) is 7.57. The molecule has 0 aliphatic carbocycles. The molecule has 0 N–H and O–H groups in total. The van der Waals surface area contributed by atoms with E-state index in [0.29, 0.717) is 0 Å². The highest BCUT2D eigenvalue weighted by molar-refractivity contribution is 5.97. The van der Waals surface area contributed by atoms with Gasteiger partial charge in [-0.25, -0.2) is 0 Å². The van der Waals surface area contributed by atoms with Crippen molar-refractivity contribution in [2.24, 2.45) is 0 Å². The number of rotatable bonds is 2. The van der Waals surface area contributed by atoms with Crippen LogP contribution in [0.5, 0.6) is 0 Å². The molecule has 3 heterocycles. The number of nitrogens with zero attached hydrogens (tertiary/aromatic N) is 3. The summed E-state index contributed by atoms with van der Waals surface area (Å²) in [5, 5.41) is 0. The molecule has 3 aliphatic heterocycles. The van der Waals surface area contributed by atoms with Crippen molar-refractivity contribution in [3.63, 3.8) is 0 Å². The van der Waals surface area contributed by atoms with E-state index in [0.717, 1.165) is 44.6 Å². The van der Waals surface area contributed by atoms with Crippen molar-refractivity contribution < 1.29 is 4.79 Å². The molecule has 2 saturated heterocycles. The highest BCUT2D eigenvalue weighted by Crippen LogP contribution is 2.40. The van der Waals surface area contributed by atoms with Crippen LogP contribution in [-0.2, 0) is 4.79 Å². The summed E-state index contributed by atoms with van der Waals surface area (Å²) in [5.74, 6) is 0.278. The Hall–Kier alpha value is -0.870. The fourth-order valence-corrected chi connectivity index (χ4v) is 3.93. The summed E-state index contributed by atoms with van der Waals surface area (Å²) in [6.07, 6.45) is 8.36. The average molecular weight is 263 g/mol. The Morgan fingerprint density at radius 3 is 2.74 bits per heavy atom. The summed E-state index contributed by atoms with van der Waals surface area (Å²) < 4.78 is 0. The first kappa shape index (κ1) is 13.1. The second-order valence-corrected chi connectivity index (χ2v) is 6.39. The molecule has 3 rings (SSSR count). The van der Waals surface area contributed by atoms with Gasteiger partial charge in [0.15, 0.2) is 0 Å². The van der Waals surface area contributed by atoms with Crippen molar-refractivity contribution in [1.29, 1.82) is 0 Å². The van der Waals surface area contributed by atoms with Gasteiger partial charge in [0.1, 0.15) is 5.66 Å². The Balaban J connectivity index is 1.95. The fraction of sp³-hybridized carbons (Fsp3) is 0.800. The van der Waals surface area contributed by atoms with E-state index in [2.05, 4.69) is 20.8 Å². The molecule has 0 radical (unpaired) electrons. The lowest BCUT2D eigenvalue weighted by molar-refractivity contribution is -0.140. The van der Waals surface area contributed by atoms with Crippen LogP contribution >= 0.6 is 0 Å². The van der Waals surface area contributed by atoms with E-state index in [9.17, 15) is 4.79 Å². The summed E-state index contributed by atoms with van der Waals surface area (Å²) in [5.41, 5.74) is 0.927. The Morgan fingerprint density at radius 2 is 1.95 bits per heavy atom. The molecule has 1 amide bonds. The van der Waals surface area contributed by atoms with Gasteiger partial charge in [-0.05, 0) is 45.9 Å². The predicted molar refractivity (Wildman–Crippen MR) is 75.7 cm³/mol. The monoisotopic (exact) mass is 263 g/mol. The minimum atomic E-state index is -0.0722. The second-order valence-electron chi connectivity index (χ2n) is 6.39. The van der Waals surface area contributed by atoms with Crippen LogP contribution in [0.1, 0.15) is 32.1 Å². The van der Waals surface area contributed by atoms with Gasteiger partial charge in [0.2, 0.25) is 0 Å². The maximum absolute atomic E-state index is 12.6. The second kappa shape index (κ2) is 4.91. The Morgan fingerprint density at radius 1 is 1.16 bits per heavy atom. The van der Waals surface area contributed by atoms with Gasteiger partial charge in [0.05, 0.1) is 0 Å². The van der Waals surface area contributed by atoms with Gasteiger partial charge in [-0.15, -0.1) is 0 Å². The minimum Gasteiger partial charge on any atom is -0.317 e. The standard InChI is InChI=1S/C15H25N3O/c1-16(2)12-13-11-15-7-4-3-5-8-17(15)9-6-10-18(15)14(13)19/h11H,3-10,12H2,1-2H3. The molecule has 0 aromatic rings. The zero-order valence-corrected chi connectivity index (χ0v) is 12.2. The van der Waals surface area contributed by atoms with Gasteiger partial charge in [0, 0.05) is 31.8 Å². The van der Waals surface area contributed by atoms with Crippen LogP contribution in [0, 0.1) is 0 Å². The lowest BCUT2D eigenvalue weighted by atomic mass is 9.98. The Labute approximate surface area is 116 Å². The highest BCUT2D eigenvalue weighted by atomic mass is 16.2. The topological polar surface area (TPSA) is 26.8 Å². The summed E-state index contributed by atoms with van der Waals surface area (Å²) in [7, 11) is 4.07. The molecule has 2 fully saturated rings. The van der Waals surface area contributed by atoms with Gasteiger partial charge in [-0.2, -0.15) is 0 Å². The van der Waals surface area contributed by atoms with Gasteiger partial charge in [0.25, 0.3) is 5.91 Å². The number of likely N-dealkylation sites (N-methyl/N-ethyl adjacent to an activating group) is 1. The van der Waals surface area contributed by atoms with Crippen LogP contribution in [0.15, 0.2) is 11.6 Å². The first-order valence-corrected chi connectivity index (χ1v) is 7.57. The fourth-order valence-electron chi connectivity index (χ4n) is 3.93. The van der Waals surface area contributed by atoms with E-state index in [1.165, 1.54) is 19.3 Å². The molecule has 0 saturated carbocycles. The van der Waals surface area contributed by atoms with E-state index in [4.69, 9.17) is 0 Å². The van der Waals surface area contributed by atoms with E-state index in [1.54, 1.807) is 0 Å². The molecule has 4 heteroatoms. The van der Waals surface area contributed by atoms with Gasteiger partial charge < -0.3 is 9.80 Å². The third-order valence-corrected chi connectivity index (χ3v) is 4.71. The van der Waals surface area contributed by atoms with Gasteiger partial charge in [-0.3, -0.25) is 9.69 Å². The van der Waals surface area contributed by atoms with Crippen LogP contribution in [-0.4, -0.2) is 66.5 Å². The molecule has 3 aliphatic rings. The molecule has 0 aromatic heterocycles. The molecule has 106 valence electrons. The van der Waals surface area contributed by atoms with E-state index in [-0.39, 0.29) is 11.6 Å². The molecule has 4 nitrogen and oxygen atoms in total. The summed E-state index contributed by atoms with van der Waals surface area (Å²) >= 11 is 0. The normalized spacial score (nSPS) is 32.1. The van der Waals surface area contributed by atoms with Crippen molar-refractivity contribution in [1.82, 2.24) is 14.7 Å². The SMILES string of the molecule is CN(C)CC1=CC23CCCCCN2CCCN3C1=O. The summed E-state index contributed by atoms with van der Waals surface area (Å²) in [6, 6.07) is 0. The molecule has 1 unspecified atom stereocenters. The van der Waals surface area contributed by atoms with E-state index < -0.39 is 0 Å². The van der Waals surface area contributed by atoms with Crippen LogP contribution in [0.3, 0.4) is 0 Å². The zero-order chi connectivity index (χ0) is 13.5. The van der Waals surface area contributed by atoms with E-state index in [1.807, 2.05) is 14.1 Å². The van der Waals surface area contributed by atoms with Gasteiger partial charge >= 0.3 is 0 Å². The molecular formula is C15H25N3O. The average Bonchev–Trinajstić information content (AvgIpc) is 2.54. The van der Waals surface area contributed by atoms with Crippen LogP contribution in [0.25, 0.3) is 0 Å². The van der Waals surface area contributed by atoms with Crippen molar-refractivity contribution >= 4 is 5.91 Å². The highest BCUT2D eigenvalue weighted by Gasteiger charge is 2.50. The molecule has 0 bridgehead atoms. The summed E-state index contributed by atoms with van der Waals surface area (Å²) in [4.78, 5) is 19.5. The van der Waals surface area contributed by atoms with Crippen molar-refractivity contribution in [2.75, 3.05) is 40.3 Å². The lowest BCUT2D eigenvalue weighted by Crippen LogP contribution is -2.62. The summed E-state index contributed by atoms with van der Waals surface area (Å²) in [6.45, 7) is 4.00. The quantitative estimate of drug-likeness (QED) is 0.751. The van der Waals surface area contributed by atoms with E-state index >= 15 is 0 Å². The lowest BCUT2D eigenvalue weighted by Gasteiger charge is -2.49.